The first-order valence-electron chi connectivity index (χ1n) is 5.74. The summed E-state index contributed by atoms with van der Waals surface area (Å²) in [5, 5.41) is 0. The number of carbonyl (C=O) groups is 1. The maximum Gasteiger partial charge on any atom is 0.141 e. The predicted octanol–water partition coefficient (Wildman–Crippen LogP) is 2.76. The molecule has 2 aromatic carbocycles. The molecule has 3 heteroatoms. The molecule has 0 bridgehead atoms. The molecule has 0 saturated heterocycles. The van der Waals surface area contributed by atoms with Crippen molar-refractivity contribution < 1.29 is 9.18 Å². The van der Waals surface area contributed by atoms with Crippen molar-refractivity contribution in [2.75, 3.05) is 5.73 Å². The van der Waals surface area contributed by atoms with Crippen LogP contribution in [0.5, 0.6) is 0 Å². The molecule has 2 nitrogen and oxygen atoms in total. The van der Waals surface area contributed by atoms with Gasteiger partial charge in [-0.05, 0) is 35.4 Å². The van der Waals surface area contributed by atoms with Gasteiger partial charge in [0.25, 0.3) is 0 Å². The molecule has 92 valence electrons. The van der Waals surface area contributed by atoms with E-state index in [1.54, 1.807) is 24.3 Å². The lowest BCUT2D eigenvalue weighted by atomic mass is 10.0. The number of anilines is 1. The monoisotopic (exact) mass is 243 g/mol. The average Bonchev–Trinajstić information content (AvgIpc) is 2.28. The van der Waals surface area contributed by atoms with E-state index in [1.807, 2.05) is 12.1 Å². The number of hydrogen-bond donors (Lipinski definition) is 1. The molecule has 0 aliphatic carbocycles. The van der Waals surface area contributed by atoms with E-state index in [-0.39, 0.29) is 18.0 Å². The lowest BCUT2D eigenvalue weighted by Gasteiger charge is -2.03. The molecule has 0 spiro atoms. The summed E-state index contributed by atoms with van der Waals surface area (Å²) in [5.41, 5.74) is 7.87. The topological polar surface area (TPSA) is 43.1 Å². The fourth-order valence-electron chi connectivity index (χ4n) is 1.87. The molecular weight excluding hydrogens is 229 g/mol. The summed E-state index contributed by atoms with van der Waals surface area (Å²) in [5.74, 6) is -0.268. The van der Waals surface area contributed by atoms with Crippen LogP contribution in [0.4, 0.5) is 10.1 Å². The van der Waals surface area contributed by atoms with Gasteiger partial charge >= 0.3 is 0 Å². The highest BCUT2D eigenvalue weighted by Crippen LogP contribution is 2.10. The standard InChI is InChI=1S/C15H14FNO/c16-13-5-1-3-11(7-13)9-15(18)10-12-4-2-6-14(17)8-12/h1-8H,9-10,17H2. The lowest BCUT2D eigenvalue weighted by molar-refractivity contribution is -0.117. The van der Waals surface area contributed by atoms with Gasteiger partial charge in [-0.25, -0.2) is 4.39 Å². The second-order valence-corrected chi connectivity index (χ2v) is 4.27. The first kappa shape index (κ1) is 12.3. The van der Waals surface area contributed by atoms with Crippen LogP contribution in [0.15, 0.2) is 48.5 Å². The minimum atomic E-state index is -0.316. The number of hydrogen-bond acceptors (Lipinski definition) is 2. The van der Waals surface area contributed by atoms with E-state index < -0.39 is 0 Å². The molecule has 0 amide bonds. The maximum absolute atomic E-state index is 13.0. The number of ketones is 1. The van der Waals surface area contributed by atoms with Gasteiger partial charge in [0.2, 0.25) is 0 Å². The van der Waals surface area contributed by atoms with Crippen molar-refractivity contribution in [3.63, 3.8) is 0 Å². The van der Waals surface area contributed by atoms with Gasteiger partial charge in [0.1, 0.15) is 11.6 Å². The van der Waals surface area contributed by atoms with Crippen molar-refractivity contribution in [1.29, 1.82) is 0 Å². The second-order valence-electron chi connectivity index (χ2n) is 4.27. The maximum atomic E-state index is 13.0. The molecule has 0 aromatic heterocycles. The van der Waals surface area contributed by atoms with Gasteiger partial charge < -0.3 is 5.73 Å². The molecule has 2 rings (SSSR count). The Morgan fingerprint density at radius 3 is 2.22 bits per heavy atom. The van der Waals surface area contributed by atoms with Crippen LogP contribution in [0.1, 0.15) is 11.1 Å². The van der Waals surface area contributed by atoms with E-state index in [2.05, 4.69) is 0 Å². The number of nitrogen functional groups attached to an aromatic ring is 1. The van der Waals surface area contributed by atoms with E-state index >= 15 is 0 Å². The Morgan fingerprint density at radius 2 is 1.61 bits per heavy atom. The Hall–Kier alpha value is -2.16. The third-order valence-electron chi connectivity index (χ3n) is 2.64. The van der Waals surface area contributed by atoms with Crippen molar-refractivity contribution in [2.24, 2.45) is 0 Å². The van der Waals surface area contributed by atoms with E-state index in [9.17, 15) is 9.18 Å². The fraction of sp³-hybridized carbons (Fsp3) is 0.133. The molecule has 0 saturated carbocycles. The largest absolute Gasteiger partial charge is 0.399 e. The highest BCUT2D eigenvalue weighted by Gasteiger charge is 2.06. The van der Waals surface area contributed by atoms with E-state index in [0.717, 1.165) is 5.56 Å². The van der Waals surface area contributed by atoms with Crippen LogP contribution in [0, 0.1) is 5.82 Å². The summed E-state index contributed by atoms with van der Waals surface area (Å²) in [6.07, 6.45) is 0.564. The van der Waals surface area contributed by atoms with Gasteiger partial charge in [-0.15, -0.1) is 0 Å². The quantitative estimate of drug-likeness (QED) is 0.839. The first-order chi connectivity index (χ1) is 8.63. The molecule has 0 aliphatic rings. The smallest absolute Gasteiger partial charge is 0.141 e. The van der Waals surface area contributed by atoms with E-state index in [4.69, 9.17) is 5.73 Å². The van der Waals surface area contributed by atoms with Gasteiger partial charge in [0, 0.05) is 18.5 Å². The van der Waals surface area contributed by atoms with Crippen molar-refractivity contribution in [3.8, 4) is 0 Å². The molecule has 0 unspecified atom stereocenters. The number of carbonyl (C=O) groups excluding carboxylic acids is 1. The Bertz CT molecular complexity index is 516. The van der Waals surface area contributed by atoms with Crippen molar-refractivity contribution in [2.45, 2.75) is 12.8 Å². The zero-order valence-corrected chi connectivity index (χ0v) is 9.90. The van der Waals surface area contributed by atoms with Gasteiger partial charge in [0.15, 0.2) is 0 Å². The molecule has 18 heavy (non-hydrogen) atoms. The minimum absolute atomic E-state index is 0.0474. The molecule has 2 N–H and O–H groups in total. The summed E-state index contributed by atoms with van der Waals surface area (Å²) >= 11 is 0. The number of halogens is 1. The molecular formula is C15H14FNO. The van der Waals surface area contributed by atoms with Gasteiger partial charge in [-0.3, -0.25) is 4.79 Å². The van der Waals surface area contributed by atoms with E-state index in [1.165, 1.54) is 12.1 Å². The molecule has 2 aromatic rings. The number of benzene rings is 2. The fourth-order valence-corrected chi connectivity index (χ4v) is 1.87. The first-order valence-corrected chi connectivity index (χ1v) is 5.74. The van der Waals surface area contributed by atoms with Gasteiger partial charge in [-0.2, -0.15) is 0 Å². The Labute approximate surface area is 105 Å². The van der Waals surface area contributed by atoms with Crippen LogP contribution in [0.25, 0.3) is 0 Å². The third-order valence-corrected chi connectivity index (χ3v) is 2.64. The second kappa shape index (κ2) is 5.45. The molecule has 0 aliphatic heterocycles. The zero-order chi connectivity index (χ0) is 13.0. The van der Waals surface area contributed by atoms with Crippen molar-refractivity contribution in [3.05, 3.63) is 65.5 Å². The third kappa shape index (κ3) is 3.42. The van der Waals surface area contributed by atoms with Crippen molar-refractivity contribution >= 4 is 11.5 Å². The Morgan fingerprint density at radius 1 is 1.00 bits per heavy atom. The van der Waals surface area contributed by atoms with Gasteiger partial charge in [-0.1, -0.05) is 24.3 Å². The summed E-state index contributed by atoms with van der Waals surface area (Å²) in [6, 6.07) is 13.4. The highest BCUT2D eigenvalue weighted by molar-refractivity contribution is 5.83. The Kier molecular flexibility index (Phi) is 3.72. The van der Waals surface area contributed by atoms with E-state index in [0.29, 0.717) is 17.7 Å². The van der Waals surface area contributed by atoms with Crippen molar-refractivity contribution in [1.82, 2.24) is 0 Å². The van der Waals surface area contributed by atoms with Crippen LogP contribution in [0.3, 0.4) is 0 Å². The Balaban J connectivity index is 2.01. The number of nitrogens with two attached hydrogens (primary N) is 1. The summed E-state index contributed by atoms with van der Waals surface area (Å²) < 4.78 is 13.0. The van der Waals surface area contributed by atoms with Crippen LogP contribution in [-0.2, 0) is 17.6 Å². The predicted molar refractivity (Wildman–Crippen MR) is 69.7 cm³/mol. The number of Topliss-reactive ketones (excluding diaryl/α,β-unsaturated/α-hetero) is 1. The molecule has 0 radical (unpaired) electrons. The average molecular weight is 243 g/mol. The molecule has 0 fully saturated rings. The lowest BCUT2D eigenvalue weighted by Crippen LogP contribution is -2.07. The zero-order valence-electron chi connectivity index (χ0n) is 9.90. The van der Waals surface area contributed by atoms with Crippen LogP contribution < -0.4 is 5.73 Å². The summed E-state index contributed by atoms with van der Waals surface area (Å²) in [6.45, 7) is 0. The molecule has 0 atom stereocenters. The highest BCUT2D eigenvalue weighted by atomic mass is 19.1. The number of rotatable bonds is 4. The minimum Gasteiger partial charge on any atom is -0.399 e. The SMILES string of the molecule is Nc1cccc(CC(=O)Cc2cccc(F)c2)c1. The summed E-state index contributed by atoms with van der Waals surface area (Å²) in [4.78, 5) is 11.8. The molecule has 0 heterocycles. The normalized spacial score (nSPS) is 10.3. The van der Waals surface area contributed by atoms with Gasteiger partial charge in [0.05, 0.1) is 0 Å². The summed E-state index contributed by atoms with van der Waals surface area (Å²) in [7, 11) is 0. The van der Waals surface area contributed by atoms with Crippen LogP contribution >= 0.6 is 0 Å². The van der Waals surface area contributed by atoms with Crippen LogP contribution in [0.2, 0.25) is 0 Å². The van der Waals surface area contributed by atoms with Crippen LogP contribution in [-0.4, -0.2) is 5.78 Å².